The van der Waals surface area contributed by atoms with E-state index in [4.69, 9.17) is 9.47 Å². The van der Waals surface area contributed by atoms with Crippen LogP contribution >= 0.6 is 0 Å². The van der Waals surface area contributed by atoms with Crippen LogP contribution in [0.5, 0.6) is 0 Å². The molecule has 0 heterocycles. The number of methoxy groups -OCH3 is 1. The van der Waals surface area contributed by atoms with E-state index in [1.54, 1.807) is 26.2 Å². The lowest BCUT2D eigenvalue weighted by molar-refractivity contribution is -0.121. The summed E-state index contributed by atoms with van der Waals surface area (Å²) in [6.45, 7) is 2.31. The highest BCUT2D eigenvalue weighted by Crippen LogP contribution is 2.22. The van der Waals surface area contributed by atoms with Crippen LogP contribution in [0.4, 0.5) is 5.69 Å². The molecule has 0 bridgehead atoms. The zero-order valence-corrected chi connectivity index (χ0v) is 14.1. The highest BCUT2D eigenvalue weighted by atomic mass is 32.2. The second-order valence-electron chi connectivity index (χ2n) is 4.86. The molecule has 0 atom stereocenters. The van der Waals surface area contributed by atoms with Crippen LogP contribution in [-0.4, -0.2) is 59.7 Å². The van der Waals surface area contributed by atoms with Gasteiger partial charge < -0.3 is 14.8 Å². The van der Waals surface area contributed by atoms with E-state index in [0.29, 0.717) is 24.5 Å². The van der Waals surface area contributed by atoms with Crippen LogP contribution < -0.4 is 5.32 Å². The topological polar surface area (TPSA) is 84.9 Å². The summed E-state index contributed by atoms with van der Waals surface area (Å²) in [7, 11) is 0.912. The quantitative estimate of drug-likeness (QED) is 0.714. The zero-order valence-electron chi connectivity index (χ0n) is 13.3. The summed E-state index contributed by atoms with van der Waals surface area (Å²) in [5.74, 6) is -0.354. The fourth-order valence-corrected chi connectivity index (χ4v) is 2.80. The molecule has 22 heavy (non-hydrogen) atoms. The van der Waals surface area contributed by atoms with Crippen molar-refractivity contribution < 1.29 is 22.7 Å². The number of ether oxygens (including phenoxy) is 2. The first-order chi connectivity index (χ1) is 10.3. The molecule has 1 aromatic rings. The van der Waals surface area contributed by atoms with Gasteiger partial charge in [-0.05, 0) is 24.6 Å². The van der Waals surface area contributed by atoms with Crippen molar-refractivity contribution in [2.45, 2.75) is 11.8 Å². The van der Waals surface area contributed by atoms with Gasteiger partial charge in [-0.3, -0.25) is 4.79 Å². The van der Waals surface area contributed by atoms with E-state index in [1.165, 1.54) is 20.2 Å². The molecule has 0 spiro atoms. The zero-order chi connectivity index (χ0) is 16.8. The molecule has 0 aliphatic heterocycles. The molecule has 1 N–H and O–H groups in total. The van der Waals surface area contributed by atoms with Gasteiger partial charge >= 0.3 is 0 Å². The number of amides is 1. The van der Waals surface area contributed by atoms with Crippen molar-refractivity contribution in [2.24, 2.45) is 0 Å². The molecule has 124 valence electrons. The maximum Gasteiger partial charge on any atom is 0.250 e. The summed E-state index contributed by atoms with van der Waals surface area (Å²) in [5, 5.41) is 2.61. The third-order valence-electron chi connectivity index (χ3n) is 2.90. The Morgan fingerprint density at radius 1 is 1.27 bits per heavy atom. The first-order valence-electron chi connectivity index (χ1n) is 6.68. The Balaban J connectivity index is 2.80. The monoisotopic (exact) mass is 330 g/mol. The molecule has 0 saturated carbocycles. The average Bonchev–Trinajstić information content (AvgIpc) is 2.45. The van der Waals surface area contributed by atoms with Gasteiger partial charge in [0.05, 0.1) is 18.1 Å². The number of carbonyl (C=O) groups excluding carboxylic acids is 1. The van der Waals surface area contributed by atoms with E-state index < -0.39 is 10.0 Å². The van der Waals surface area contributed by atoms with Crippen LogP contribution in [0.2, 0.25) is 0 Å². The van der Waals surface area contributed by atoms with E-state index in [1.807, 2.05) is 0 Å². The summed E-state index contributed by atoms with van der Waals surface area (Å²) in [6, 6.07) is 4.74. The molecule has 1 aromatic carbocycles. The van der Waals surface area contributed by atoms with E-state index in [9.17, 15) is 13.2 Å². The van der Waals surface area contributed by atoms with Gasteiger partial charge in [0.2, 0.25) is 15.9 Å². The maximum atomic E-state index is 12.2. The first-order valence-corrected chi connectivity index (χ1v) is 8.12. The first kappa shape index (κ1) is 18.6. The number of benzene rings is 1. The van der Waals surface area contributed by atoms with Crippen LogP contribution in [-0.2, 0) is 24.3 Å². The van der Waals surface area contributed by atoms with Crippen molar-refractivity contribution in [1.82, 2.24) is 4.31 Å². The average molecular weight is 330 g/mol. The van der Waals surface area contributed by atoms with Gasteiger partial charge in [-0.2, -0.15) is 0 Å². The van der Waals surface area contributed by atoms with E-state index in [2.05, 4.69) is 5.32 Å². The lowest BCUT2D eigenvalue weighted by atomic mass is 10.2. The van der Waals surface area contributed by atoms with Gasteiger partial charge in [0.1, 0.15) is 6.61 Å². The summed E-state index contributed by atoms with van der Waals surface area (Å²) in [6.07, 6.45) is 0. The highest BCUT2D eigenvalue weighted by molar-refractivity contribution is 7.89. The number of aryl methyl sites for hydroxylation is 1. The molecule has 0 radical (unpaired) electrons. The van der Waals surface area contributed by atoms with Gasteiger partial charge in [-0.15, -0.1) is 0 Å². The van der Waals surface area contributed by atoms with E-state index >= 15 is 0 Å². The highest BCUT2D eigenvalue weighted by Gasteiger charge is 2.20. The van der Waals surface area contributed by atoms with Crippen molar-refractivity contribution in [3.63, 3.8) is 0 Å². The Morgan fingerprint density at radius 3 is 2.55 bits per heavy atom. The minimum Gasteiger partial charge on any atom is -0.382 e. The number of hydrogen-bond donors (Lipinski definition) is 1. The number of hydrogen-bond acceptors (Lipinski definition) is 5. The molecule has 0 aliphatic rings. The predicted molar refractivity (Wildman–Crippen MR) is 83.4 cm³/mol. The molecule has 0 unspecified atom stereocenters. The lowest BCUT2D eigenvalue weighted by Crippen LogP contribution is -2.24. The minimum atomic E-state index is -3.56. The number of nitrogens with one attached hydrogen (secondary N) is 1. The maximum absolute atomic E-state index is 12.2. The number of sulfonamides is 1. The molecular weight excluding hydrogens is 308 g/mol. The molecule has 1 amide bonds. The van der Waals surface area contributed by atoms with E-state index in [-0.39, 0.29) is 17.4 Å². The molecular formula is C14H22N2O5S. The molecule has 0 aromatic heterocycles. The smallest absolute Gasteiger partial charge is 0.250 e. The van der Waals surface area contributed by atoms with Crippen LogP contribution in [0.25, 0.3) is 0 Å². The number of rotatable bonds is 8. The molecule has 8 heteroatoms. The van der Waals surface area contributed by atoms with Gasteiger partial charge in [0.15, 0.2) is 0 Å². The van der Waals surface area contributed by atoms with Crippen LogP contribution in [0.15, 0.2) is 23.1 Å². The number of anilines is 1. The van der Waals surface area contributed by atoms with Crippen LogP contribution in [0.1, 0.15) is 5.56 Å². The molecule has 7 nitrogen and oxygen atoms in total. The van der Waals surface area contributed by atoms with Crippen LogP contribution in [0, 0.1) is 6.92 Å². The van der Waals surface area contributed by atoms with Crippen molar-refractivity contribution in [3.8, 4) is 0 Å². The van der Waals surface area contributed by atoms with Crippen molar-refractivity contribution >= 4 is 21.6 Å². The third-order valence-corrected chi connectivity index (χ3v) is 4.85. The summed E-state index contributed by atoms with van der Waals surface area (Å²) >= 11 is 0. The molecule has 1 rings (SSSR count). The Bertz CT molecular complexity index is 614. The Morgan fingerprint density at radius 2 is 1.95 bits per heavy atom. The second-order valence-corrected chi connectivity index (χ2v) is 6.98. The minimum absolute atomic E-state index is 0.118. The van der Waals surface area contributed by atoms with Gasteiger partial charge in [-0.25, -0.2) is 12.7 Å². The molecule has 0 fully saturated rings. The molecule has 0 aliphatic carbocycles. The lowest BCUT2D eigenvalue weighted by Gasteiger charge is -2.15. The normalized spacial score (nSPS) is 11.7. The molecule has 0 saturated heterocycles. The fraction of sp³-hybridized carbons (Fsp3) is 0.500. The Kier molecular flexibility index (Phi) is 6.95. The van der Waals surface area contributed by atoms with Gasteiger partial charge in [-0.1, -0.05) is 6.07 Å². The second kappa shape index (κ2) is 8.23. The van der Waals surface area contributed by atoms with E-state index in [0.717, 1.165) is 4.31 Å². The predicted octanol–water partition coefficient (Wildman–Crippen LogP) is 0.847. The Labute approximate surface area is 131 Å². The van der Waals surface area contributed by atoms with Gasteiger partial charge in [0, 0.05) is 26.9 Å². The summed E-state index contributed by atoms with van der Waals surface area (Å²) in [5.41, 5.74) is 1.02. The van der Waals surface area contributed by atoms with Crippen molar-refractivity contribution in [2.75, 3.05) is 46.3 Å². The van der Waals surface area contributed by atoms with Crippen LogP contribution in [0.3, 0.4) is 0 Å². The van der Waals surface area contributed by atoms with Crippen molar-refractivity contribution in [3.05, 3.63) is 23.8 Å². The largest absolute Gasteiger partial charge is 0.382 e. The number of nitrogens with zero attached hydrogens (tertiary/aromatic N) is 1. The third kappa shape index (κ3) is 5.06. The number of carbonyl (C=O) groups is 1. The van der Waals surface area contributed by atoms with Crippen molar-refractivity contribution in [1.29, 1.82) is 0 Å². The summed E-state index contributed by atoms with van der Waals surface area (Å²) in [4.78, 5) is 11.9. The standard InChI is InChI=1S/C14H22N2O5S/c1-11-5-6-12(9-13(11)22(18,19)16(2)3)15-14(17)10-21-8-7-20-4/h5-6,9H,7-8,10H2,1-4H3,(H,15,17). The summed E-state index contributed by atoms with van der Waals surface area (Å²) < 4.78 is 35.5. The van der Waals surface area contributed by atoms with Gasteiger partial charge in [0.25, 0.3) is 0 Å². The Hall–Kier alpha value is -1.48. The fourth-order valence-electron chi connectivity index (χ4n) is 1.66. The SMILES string of the molecule is COCCOCC(=O)Nc1ccc(C)c(S(=O)(=O)N(C)C)c1.